The highest BCUT2D eigenvalue weighted by molar-refractivity contribution is 4.99. The van der Waals surface area contributed by atoms with E-state index in [1.165, 1.54) is 25.7 Å². The molecule has 0 amide bonds. The van der Waals surface area contributed by atoms with Crippen LogP contribution >= 0.6 is 0 Å². The lowest BCUT2D eigenvalue weighted by Gasteiger charge is -2.56. The van der Waals surface area contributed by atoms with E-state index in [1.54, 1.807) is 0 Å². The van der Waals surface area contributed by atoms with Crippen molar-refractivity contribution in [2.24, 2.45) is 11.5 Å². The lowest BCUT2D eigenvalue weighted by atomic mass is 9.79. The highest BCUT2D eigenvalue weighted by Crippen LogP contribution is 2.41. The smallest absolute Gasteiger partial charge is 0.197 e. The van der Waals surface area contributed by atoms with Gasteiger partial charge in [-0.15, -0.1) is 0 Å². The van der Waals surface area contributed by atoms with Crippen molar-refractivity contribution in [2.45, 2.75) is 167 Å². The third-order valence-electron chi connectivity index (χ3n) is 7.24. The Balaban J connectivity index is 2.22. The van der Waals surface area contributed by atoms with Crippen LogP contribution in [0.25, 0.3) is 0 Å². The molecule has 0 unspecified atom stereocenters. The van der Waals surface area contributed by atoms with Crippen LogP contribution < -0.4 is 11.5 Å². The quantitative estimate of drug-likeness (QED) is 0.335. The average Bonchev–Trinajstić information content (AvgIpc) is 2.57. The summed E-state index contributed by atoms with van der Waals surface area (Å²) in [4.78, 5) is 13.6. The molecule has 6 nitrogen and oxygen atoms in total. The van der Waals surface area contributed by atoms with Crippen molar-refractivity contribution < 1.29 is 9.68 Å². The van der Waals surface area contributed by atoms with Crippen LogP contribution in [0, 0.1) is 0 Å². The molecule has 0 atom stereocenters. The first-order chi connectivity index (χ1) is 14.6. The van der Waals surface area contributed by atoms with Crippen molar-refractivity contribution >= 4 is 0 Å². The summed E-state index contributed by atoms with van der Waals surface area (Å²) >= 11 is 0. The molecule has 0 bridgehead atoms. The molecule has 2 fully saturated rings. The second-order valence-electron chi connectivity index (χ2n) is 13.0. The lowest BCUT2D eigenvalue weighted by Crippen LogP contribution is -2.66. The van der Waals surface area contributed by atoms with Crippen LogP contribution in [0.2, 0.25) is 0 Å². The number of piperidine rings is 2. The summed E-state index contributed by atoms with van der Waals surface area (Å²) in [6, 6.07) is 0.379. The van der Waals surface area contributed by atoms with E-state index in [9.17, 15) is 0 Å². The summed E-state index contributed by atoms with van der Waals surface area (Å²) in [5.74, 6) is 0. The van der Waals surface area contributed by atoms with Gasteiger partial charge in [-0.05, 0) is 87.5 Å². The summed E-state index contributed by atoms with van der Waals surface area (Å²) in [6.07, 6.45) is 10.3. The Kier molecular flexibility index (Phi) is 9.25. The fourth-order valence-corrected chi connectivity index (χ4v) is 6.53. The van der Waals surface area contributed by atoms with Crippen LogP contribution in [0.5, 0.6) is 0 Å². The number of rotatable bonds is 10. The Morgan fingerprint density at radius 2 is 1.00 bits per heavy atom. The van der Waals surface area contributed by atoms with Gasteiger partial charge >= 0.3 is 0 Å². The monoisotopic (exact) mass is 454 g/mol. The first-order valence-corrected chi connectivity index (χ1v) is 13.1. The fraction of sp³-hybridized carbons (Fsp3) is 1.00. The molecule has 6 heteroatoms. The maximum Gasteiger partial charge on any atom is 0.197 e. The summed E-state index contributed by atoms with van der Waals surface area (Å²) in [5, 5.41) is 4.38. The Bertz CT molecular complexity index is 510. The van der Waals surface area contributed by atoms with E-state index in [0.29, 0.717) is 0 Å². The lowest BCUT2D eigenvalue weighted by molar-refractivity contribution is -0.423. The van der Waals surface area contributed by atoms with Crippen molar-refractivity contribution in [3.63, 3.8) is 0 Å². The molecule has 32 heavy (non-hydrogen) atoms. The number of unbranched alkanes of at least 4 members (excludes halogenated alkanes) is 4. The van der Waals surface area contributed by atoms with E-state index in [1.807, 2.05) is 0 Å². The van der Waals surface area contributed by atoms with Gasteiger partial charge in [0.2, 0.25) is 0 Å². The molecule has 0 radical (unpaired) electrons. The van der Waals surface area contributed by atoms with E-state index < -0.39 is 0 Å². The minimum atomic E-state index is -0.322. The van der Waals surface area contributed by atoms with Gasteiger partial charge in [0.15, 0.2) is 6.29 Å². The highest BCUT2D eigenvalue weighted by atomic mass is 16.9. The molecule has 2 saturated heterocycles. The van der Waals surface area contributed by atoms with Crippen molar-refractivity contribution in [1.29, 1.82) is 0 Å². The van der Waals surface area contributed by atoms with Gasteiger partial charge < -0.3 is 11.5 Å². The number of nitrogens with zero attached hydrogens (tertiary/aromatic N) is 2. The Labute approximate surface area is 198 Å². The van der Waals surface area contributed by atoms with E-state index in [2.05, 4.69) is 72.4 Å². The third-order valence-corrected chi connectivity index (χ3v) is 7.24. The Morgan fingerprint density at radius 1 is 0.656 bits per heavy atom. The molecule has 190 valence electrons. The molecular formula is C26H54N4O2. The Hall–Kier alpha value is -0.240. The summed E-state index contributed by atoms with van der Waals surface area (Å²) < 4.78 is 0. The van der Waals surface area contributed by atoms with Gasteiger partial charge in [-0.3, -0.25) is 9.68 Å². The van der Waals surface area contributed by atoms with Crippen molar-refractivity contribution in [2.75, 3.05) is 0 Å². The molecule has 0 spiro atoms. The average molecular weight is 455 g/mol. The van der Waals surface area contributed by atoms with Crippen LogP contribution in [-0.2, 0) is 9.68 Å². The summed E-state index contributed by atoms with van der Waals surface area (Å²) in [6.45, 7) is 20.1. The van der Waals surface area contributed by atoms with Gasteiger partial charge in [0, 0.05) is 40.7 Å². The molecule has 2 aliphatic heterocycles. The van der Waals surface area contributed by atoms with E-state index >= 15 is 0 Å². The van der Waals surface area contributed by atoms with Crippen molar-refractivity contribution in [1.82, 2.24) is 10.1 Å². The summed E-state index contributed by atoms with van der Waals surface area (Å²) in [7, 11) is 0. The predicted molar refractivity (Wildman–Crippen MR) is 134 cm³/mol. The number of hydrogen-bond donors (Lipinski definition) is 2. The maximum atomic E-state index is 6.78. The molecule has 0 saturated carbocycles. The predicted octanol–water partition coefficient (Wildman–Crippen LogP) is 5.50. The standard InChI is InChI=1S/C26H54N4O2/c1-10-11-12-13-14-15-22(31-29-23(2,3)16-20(27)17-24(29,4)5)32-30-25(6,7)18-21(28)19-26(30,8)9/h20-22H,10-19,27-28H2,1-9H3. The molecule has 2 rings (SSSR count). The Morgan fingerprint density at radius 3 is 1.34 bits per heavy atom. The molecule has 2 heterocycles. The van der Waals surface area contributed by atoms with Gasteiger partial charge in [0.25, 0.3) is 0 Å². The van der Waals surface area contributed by atoms with Crippen LogP contribution in [-0.4, -0.2) is 50.7 Å². The van der Waals surface area contributed by atoms with E-state index in [-0.39, 0.29) is 40.5 Å². The molecule has 0 aromatic heterocycles. The van der Waals surface area contributed by atoms with E-state index in [4.69, 9.17) is 21.1 Å². The highest BCUT2D eigenvalue weighted by Gasteiger charge is 2.49. The van der Waals surface area contributed by atoms with Gasteiger partial charge in [-0.1, -0.05) is 32.6 Å². The first-order valence-electron chi connectivity index (χ1n) is 13.1. The fourth-order valence-electron chi connectivity index (χ4n) is 6.53. The SMILES string of the molecule is CCCCCCCC(ON1C(C)(C)CC(N)CC1(C)C)ON1C(C)(C)CC(N)CC1(C)C. The van der Waals surface area contributed by atoms with Crippen LogP contribution in [0.15, 0.2) is 0 Å². The number of nitrogens with two attached hydrogens (primary N) is 2. The van der Waals surface area contributed by atoms with E-state index in [0.717, 1.165) is 38.5 Å². The molecular weight excluding hydrogens is 400 g/mol. The van der Waals surface area contributed by atoms with Crippen LogP contribution in [0.1, 0.15) is 127 Å². The normalized spacial score (nSPS) is 26.6. The van der Waals surface area contributed by atoms with Gasteiger partial charge in [0.05, 0.1) is 0 Å². The maximum absolute atomic E-state index is 6.78. The molecule has 0 aliphatic carbocycles. The first kappa shape index (κ1) is 28.0. The summed E-state index contributed by atoms with van der Waals surface area (Å²) in [5.41, 5.74) is 12.2. The zero-order valence-electron chi connectivity index (χ0n) is 22.7. The second kappa shape index (κ2) is 10.6. The third kappa shape index (κ3) is 7.13. The molecule has 0 aromatic carbocycles. The van der Waals surface area contributed by atoms with Crippen LogP contribution in [0.4, 0.5) is 0 Å². The molecule has 2 aliphatic rings. The van der Waals surface area contributed by atoms with Crippen molar-refractivity contribution in [3.05, 3.63) is 0 Å². The van der Waals surface area contributed by atoms with Gasteiger partial charge in [-0.25, -0.2) is 0 Å². The zero-order chi connectivity index (χ0) is 24.4. The topological polar surface area (TPSA) is 77.0 Å². The zero-order valence-corrected chi connectivity index (χ0v) is 22.7. The van der Waals surface area contributed by atoms with Crippen LogP contribution in [0.3, 0.4) is 0 Å². The van der Waals surface area contributed by atoms with Crippen molar-refractivity contribution in [3.8, 4) is 0 Å². The minimum absolute atomic E-state index is 0.153. The molecule has 0 aromatic rings. The second-order valence-corrected chi connectivity index (χ2v) is 13.0. The molecule has 4 N–H and O–H groups in total. The van der Waals surface area contributed by atoms with Gasteiger partial charge in [-0.2, -0.15) is 10.1 Å². The largest absolute Gasteiger partial charge is 0.328 e. The van der Waals surface area contributed by atoms with Gasteiger partial charge in [0.1, 0.15) is 0 Å². The number of hydrogen-bond acceptors (Lipinski definition) is 6. The minimum Gasteiger partial charge on any atom is -0.328 e. The number of hydroxylamine groups is 4.